The Bertz CT molecular complexity index is 453. The molecular weight excluding hydrogens is 292 g/mol. The molecule has 3 nitrogen and oxygen atoms in total. The van der Waals surface area contributed by atoms with E-state index in [4.69, 9.17) is 0 Å². The lowest BCUT2D eigenvalue weighted by Crippen LogP contribution is -2.40. The average molecular weight is 321 g/mol. The Balaban J connectivity index is 1.75. The van der Waals surface area contributed by atoms with Crippen LogP contribution >= 0.6 is 11.8 Å². The zero-order valence-corrected chi connectivity index (χ0v) is 14.6. The molecule has 1 N–H and O–H groups in total. The van der Waals surface area contributed by atoms with Crippen molar-refractivity contribution in [3.05, 3.63) is 29.8 Å². The first kappa shape index (κ1) is 17.4. The van der Waals surface area contributed by atoms with Crippen LogP contribution in [0.1, 0.15) is 44.1 Å². The minimum absolute atomic E-state index is 0.162. The molecule has 1 aromatic carbocycles. The second-order valence-corrected chi connectivity index (χ2v) is 7.16. The molecule has 1 amide bonds. The number of benzene rings is 1. The molecule has 0 atom stereocenters. The van der Waals surface area contributed by atoms with Crippen molar-refractivity contribution in [2.45, 2.75) is 56.0 Å². The van der Waals surface area contributed by atoms with Crippen molar-refractivity contribution in [1.82, 2.24) is 10.2 Å². The van der Waals surface area contributed by atoms with Gasteiger partial charge < -0.3 is 5.32 Å². The van der Waals surface area contributed by atoms with Crippen LogP contribution in [0, 0.1) is 0 Å². The average Bonchev–Trinajstić information content (AvgIpc) is 2.76. The third-order valence-electron chi connectivity index (χ3n) is 4.25. The Hall–Kier alpha value is -1.00. The highest BCUT2D eigenvalue weighted by Gasteiger charge is 2.15. The molecule has 0 bridgehead atoms. The monoisotopic (exact) mass is 320 g/mol. The molecular formula is C18H28N2OS. The van der Waals surface area contributed by atoms with Gasteiger partial charge in [0.1, 0.15) is 0 Å². The summed E-state index contributed by atoms with van der Waals surface area (Å²) >= 11 is 1.75. The molecule has 0 aliphatic heterocycles. The van der Waals surface area contributed by atoms with Crippen LogP contribution in [-0.2, 0) is 11.3 Å². The molecule has 22 heavy (non-hydrogen) atoms. The van der Waals surface area contributed by atoms with E-state index in [9.17, 15) is 4.79 Å². The van der Waals surface area contributed by atoms with Crippen LogP contribution < -0.4 is 5.32 Å². The molecule has 0 radical (unpaired) electrons. The van der Waals surface area contributed by atoms with Gasteiger partial charge in [-0.3, -0.25) is 9.69 Å². The number of carbonyl (C=O) groups is 1. The number of hydrogen-bond acceptors (Lipinski definition) is 3. The lowest BCUT2D eigenvalue weighted by molar-refractivity contribution is -0.122. The standard InChI is InChI=1S/C18H28N2OS/c1-20(13-15-9-11-17(22-2)12-10-15)14-18(21)19-16-7-5-3-4-6-8-16/h9-12,16H,3-8,13-14H2,1-2H3,(H,19,21). The second-order valence-electron chi connectivity index (χ2n) is 6.28. The number of nitrogens with zero attached hydrogens (tertiary/aromatic N) is 1. The smallest absolute Gasteiger partial charge is 0.234 e. The first-order chi connectivity index (χ1) is 10.7. The van der Waals surface area contributed by atoms with E-state index in [0.717, 1.165) is 19.4 Å². The number of nitrogens with one attached hydrogen (secondary N) is 1. The predicted molar refractivity (Wildman–Crippen MR) is 94.2 cm³/mol. The van der Waals surface area contributed by atoms with Crippen LogP contribution in [-0.4, -0.2) is 36.7 Å². The highest BCUT2D eigenvalue weighted by molar-refractivity contribution is 7.98. The molecule has 122 valence electrons. The number of hydrogen-bond donors (Lipinski definition) is 1. The van der Waals surface area contributed by atoms with Crippen molar-refractivity contribution in [2.75, 3.05) is 19.8 Å². The summed E-state index contributed by atoms with van der Waals surface area (Å²) in [6.07, 6.45) is 9.51. The summed E-state index contributed by atoms with van der Waals surface area (Å²) < 4.78 is 0. The molecule has 0 unspecified atom stereocenters. The Labute approximate surface area is 138 Å². The molecule has 0 heterocycles. The lowest BCUT2D eigenvalue weighted by atomic mass is 10.1. The molecule has 1 aromatic rings. The molecule has 1 aliphatic rings. The van der Waals surface area contributed by atoms with E-state index in [-0.39, 0.29) is 5.91 Å². The van der Waals surface area contributed by atoms with Gasteiger partial charge in [-0.2, -0.15) is 0 Å². The Morgan fingerprint density at radius 1 is 1.18 bits per heavy atom. The van der Waals surface area contributed by atoms with E-state index < -0.39 is 0 Å². The van der Waals surface area contributed by atoms with Gasteiger partial charge in [0.15, 0.2) is 0 Å². The summed E-state index contributed by atoms with van der Waals surface area (Å²) in [6, 6.07) is 8.96. The van der Waals surface area contributed by atoms with Crippen molar-refractivity contribution in [3.8, 4) is 0 Å². The van der Waals surface area contributed by atoms with Gasteiger partial charge in [-0.1, -0.05) is 37.8 Å². The summed E-state index contributed by atoms with van der Waals surface area (Å²) in [6.45, 7) is 1.29. The van der Waals surface area contributed by atoms with Gasteiger partial charge in [0.05, 0.1) is 6.54 Å². The minimum Gasteiger partial charge on any atom is -0.352 e. The van der Waals surface area contributed by atoms with E-state index in [0.29, 0.717) is 12.6 Å². The third-order valence-corrected chi connectivity index (χ3v) is 4.99. The molecule has 4 heteroatoms. The van der Waals surface area contributed by atoms with Crippen molar-refractivity contribution in [2.24, 2.45) is 0 Å². The van der Waals surface area contributed by atoms with Crippen molar-refractivity contribution in [1.29, 1.82) is 0 Å². The molecule has 2 rings (SSSR count). The second kappa shape index (κ2) is 9.21. The summed E-state index contributed by atoms with van der Waals surface area (Å²) in [4.78, 5) is 15.5. The van der Waals surface area contributed by atoms with Crippen LogP contribution in [0.15, 0.2) is 29.2 Å². The first-order valence-corrected chi connectivity index (χ1v) is 9.50. The fourth-order valence-electron chi connectivity index (χ4n) is 3.04. The van der Waals surface area contributed by atoms with E-state index in [2.05, 4.69) is 40.7 Å². The van der Waals surface area contributed by atoms with Gasteiger partial charge in [-0.15, -0.1) is 11.8 Å². The van der Waals surface area contributed by atoms with Crippen LogP contribution in [0.3, 0.4) is 0 Å². The molecule has 1 fully saturated rings. The van der Waals surface area contributed by atoms with Crippen LogP contribution in [0.4, 0.5) is 0 Å². The predicted octanol–water partition coefficient (Wildman–Crippen LogP) is 3.68. The van der Waals surface area contributed by atoms with Crippen molar-refractivity contribution < 1.29 is 4.79 Å². The normalized spacial score (nSPS) is 16.5. The van der Waals surface area contributed by atoms with E-state index in [1.54, 1.807) is 11.8 Å². The van der Waals surface area contributed by atoms with Gasteiger partial charge in [0, 0.05) is 17.5 Å². The quantitative estimate of drug-likeness (QED) is 0.641. The summed E-state index contributed by atoms with van der Waals surface area (Å²) in [5.41, 5.74) is 1.25. The molecule has 0 spiro atoms. The Morgan fingerprint density at radius 2 is 1.82 bits per heavy atom. The van der Waals surface area contributed by atoms with Gasteiger partial charge in [-0.25, -0.2) is 0 Å². The van der Waals surface area contributed by atoms with Crippen LogP contribution in [0.2, 0.25) is 0 Å². The Kier molecular flexibility index (Phi) is 7.26. The summed E-state index contributed by atoms with van der Waals surface area (Å²) in [5.74, 6) is 0.162. The minimum atomic E-state index is 0.162. The number of amides is 1. The van der Waals surface area contributed by atoms with Crippen molar-refractivity contribution in [3.63, 3.8) is 0 Å². The van der Waals surface area contributed by atoms with Gasteiger partial charge in [0.25, 0.3) is 0 Å². The summed E-state index contributed by atoms with van der Waals surface area (Å²) in [5, 5.41) is 3.21. The molecule has 1 saturated carbocycles. The molecule has 0 aromatic heterocycles. The fraction of sp³-hybridized carbons (Fsp3) is 0.611. The number of rotatable bonds is 6. The Morgan fingerprint density at radius 3 is 2.41 bits per heavy atom. The largest absolute Gasteiger partial charge is 0.352 e. The first-order valence-electron chi connectivity index (χ1n) is 8.28. The maximum absolute atomic E-state index is 12.2. The van der Waals surface area contributed by atoms with Crippen LogP contribution in [0.5, 0.6) is 0 Å². The zero-order valence-electron chi connectivity index (χ0n) is 13.8. The van der Waals surface area contributed by atoms with Gasteiger partial charge in [0.2, 0.25) is 5.91 Å². The van der Waals surface area contributed by atoms with Crippen molar-refractivity contribution >= 4 is 17.7 Å². The van der Waals surface area contributed by atoms with E-state index in [1.165, 1.54) is 36.1 Å². The number of thioether (sulfide) groups is 1. The maximum Gasteiger partial charge on any atom is 0.234 e. The highest BCUT2D eigenvalue weighted by Crippen LogP contribution is 2.17. The highest BCUT2D eigenvalue weighted by atomic mass is 32.2. The number of carbonyl (C=O) groups excluding carboxylic acids is 1. The molecule has 0 saturated heterocycles. The number of likely N-dealkylation sites (N-methyl/N-ethyl adjacent to an activating group) is 1. The van der Waals surface area contributed by atoms with E-state index in [1.807, 2.05) is 7.05 Å². The summed E-state index contributed by atoms with van der Waals surface area (Å²) in [7, 11) is 2.01. The maximum atomic E-state index is 12.2. The van der Waals surface area contributed by atoms with Crippen LogP contribution in [0.25, 0.3) is 0 Å². The van der Waals surface area contributed by atoms with Gasteiger partial charge >= 0.3 is 0 Å². The van der Waals surface area contributed by atoms with E-state index >= 15 is 0 Å². The van der Waals surface area contributed by atoms with Gasteiger partial charge in [-0.05, 0) is 43.8 Å². The topological polar surface area (TPSA) is 32.3 Å². The zero-order chi connectivity index (χ0) is 15.8. The molecule has 1 aliphatic carbocycles. The fourth-order valence-corrected chi connectivity index (χ4v) is 3.45. The third kappa shape index (κ3) is 6.01. The SMILES string of the molecule is CSc1ccc(CN(C)CC(=O)NC2CCCCCC2)cc1. The lowest BCUT2D eigenvalue weighted by Gasteiger charge is -2.20.